The van der Waals surface area contributed by atoms with Crippen LogP contribution in [0.1, 0.15) is 5.56 Å². The van der Waals surface area contributed by atoms with Crippen LogP contribution >= 0.6 is 0 Å². The van der Waals surface area contributed by atoms with Crippen molar-refractivity contribution in [3.05, 3.63) is 54.1 Å². The largest absolute Gasteiger partial charge is 0.496 e. The van der Waals surface area contributed by atoms with Crippen LogP contribution in [-0.4, -0.2) is 15.5 Å². The van der Waals surface area contributed by atoms with Gasteiger partial charge in [-0.1, -0.05) is 30.3 Å². The predicted molar refractivity (Wildman–Crippen MR) is 78.1 cm³/mol. The number of primary sulfonamides is 1. The predicted octanol–water partition coefficient (Wildman–Crippen LogP) is 1.95. The van der Waals surface area contributed by atoms with Crippen LogP contribution in [0.5, 0.6) is 5.75 Å². The highest BCUT2D eigenvalue weighted by Crippen LogP contribution is 2.22. The van der Waals surface area contributed by atoms with Crippen LogP contribution in [0.2, 0.25) is 0 Å². The van der Waals surface area contributed by atoms with Gasteiger partial charge in [0.25, 0.3) is 0 Å². The fourth-order valence-corrected chi connectivity index (χ4v) is 2.62. The Morgan fingerprint density at radius 1 is 1.10 bits per heavy atom. The fraction of sp³-hybridized carbons (Fsp3) is 0.143. The summed E-state index contributed by atoms with van der Waals surface area (Å²) in [6.07, 6.45) is 0. The number of methoxy groups -OCH3 is 1. The first kappa shape index (κ1) is 14.4. The number of hydrogen-bond acceptors (Lipinski definition) is 4. The Balaban J connectivity index is 2.24. The van der Waals surface area contributed by atoms with Gasteiger partial charge in [-0.3, -0.25) is 0 Å². The van der Waals surface area contributed by atoms with Gasteiger partial charge in [-0.15, -0.1) is 0 Å². The SMILES string of the molecule is COc1ccccc1CNc1ccccc1S(N)(=O)=O. The molecule has 6 heteroatoms. The lowest BCUT2D eigenvalue weighted by molar-refractivity contribution is 0.410. The Morgan fingerprint density at radius 2 is 1.75 bits per heavy atom. The number of ether oxygens (including phenoxy) is 1. The summed E-state index contributed by atoms with van der Waals surface area (Å²) in [5.74, 6) is 0.744. The molecular formula is C14H16N2O3S. The molecule has 2 aromatic carbocycles. The van der Waals surface area contributed by atoms with E-state index in [-0.39, 0.29) is 4.90 Å². The number of rotatable bonds is 5. The zero-order valence-electron chi connectivity index (χ0n) is 11.0. The summed E-state index contributed by atoms with van der Waals surface area (Å²) in [4.78, 5) is 0.0786. The molecule has 0 atom stereocenters. The molecule has 0 saturated heterocycles. The molecule has 0 aliphatic rings. The average Bonchev–Trinajstić information content (AvgIpc) is 2.44. The van der Waals surface area contributed by atoms with Crippen LogP contribution < -0.4 is 15.2 Å². The monoisotopic (exact) mass is 292 g/mol. The van der Waals surface area contributed by atoms with Crippen molar-refractivity contribution in [1.82, 2.24) is 0 Å². The molecule has 0 bridgehead atoms. The van der Waals surface area contributed by atoms with Crippen molar-refractivity contribution < 1.29 is 13.2 Å². The van der Waals surface area contributed by atoms with E-state index in [1.807, 2.05) is 24.3 Å². The molecule has 5 nitrogen and oxygen atoms in total. The number of benzene rings is 2. The molecule has 0 unspecified atom stereocenters. The highest BCUT2D eigenvalue weighted by atomic mass is 32.2. The van der Waals surface area contributed by atoms with E-state index in [2.05, 4.69) is 5.32 Å². The minimum absolute atomic E-state index is 0.0786. The first-order valence-electron chi connectivity index (χ1n) is 6.00. The molecule has 0 radical (unpaired) electrons. The lowest BCUT2D eigenvalue weighted by Gasteiger charge is -2.12. The Kier molecular flexibility index (Phi) is 4.26. The summed E-state index contributed by atoms with van der Waals surface area (Å²) in [6, 6.07) is 14.1. The third-order valence-electron chi connectivity index (χ3n) is 2.86. The van der Waals surface area contributed by atoms with Gasteiger partial charge in [-0.2, -0.15) is 0 Å². The van der Waals surface area contributed by atoms with Crippen LogP contribution in [-0.2, 0) is 16.6 Å². The maximum Gasteiger partial charge on any atom is 0.240 e. The number of nitrogens with two attached hydrogens (primary N) is 1. The van der Waals surface area contributed by atoms with E-state index in [9.17, 15) is 8.42 Å². The molecule has 2 rings (SSSR count). The molecule has 0 aromatic heterocycles. The summed E-state index contributed by atoms with van der Waals surface area (Å²) in [7, 11) is -2.15. The Hall–Kier alpha value is -2.05. The van der Waals surface area contributed by atoms with Gasteiger partial charge in [-0.25, -0.2) is 13.6 Å². The van der Waals surface area contributed by atoms with Gasteiger partial charge >= 0.3 is 0 Å². The molecule has 20 heavy (non-hydrogen) atoms. The minimum atomic E-state index is -3.75. The van der Waals surface area contributed by atoms with E-state index in [0.717, 1.165) is 11.3 Å². The van der Waals surface area contributed by atoms with Crippen LogP contribution in [0.3, 0.4) is 0 Å². The van der Waals surface area contributed by atoms with E-state index in [0.29, 0.717) is 12.2 Å². The van der Waals surface area contributed by atoms with E-state index in [1.165, 1.54) is 6.07 Å². The number of nitrogens with one attached hydrogen (secondary N) is 1. The number of para-hydroxylation sites is 2. The highest BCUT2D eigenvalue weighted by Gasteiger charge is 2.13. The average molecular weight is 292 g/mol. The van der Waals surface area contributed by atoms with E-state index in [1.54, 1.807) is 25.3 Å². The molecule has 0 heterocycles. The van der Waals surface area contributed by atoms with Crippen molar-refractivity contribution in [2.45, 2.75) is 11.4 Å². The van der Waals surface area contributed by atoms with Crippen molar-refractivity contribution in [2.75, 3.05) is 12.4 Å². The standard InChI is InChI=1S/C14H16N2O3S/c1-19-13-8-4-2-6-11(13)10-16-12-7-3-5-9-14(12)20(15,17)18/h2-9,16H,10H2,1H3,(H2,15,17,18). The first-order chi connectivity index (χ1) is 9.52. The number of hydrogen-bond donors (Lipinski definition) is 2. The lowest BCUT2D eigenvalue weighted by Crippen LogP contribution is -2.15. The van der Waals surface area contributed by atoms with Gasteiger partial charge in [0.1, 0.15) is 10.6 Å². The highest BCUT2D eigenvalue weighted by molar-refractivity contribution is 7.89. The van der Waals surface area contributed by atoms with Crippen LogP contribution in [0, 0.1) is 0 Å². The van der Waals surface area contributed by atoms with Crippen molar-refractivity contribution >= 4 is 15.7 Å². The van der Waals surface area contributed by atoms with E-state index < -0.39 is 10.0 Å². The van der Waals surface area contributed by atoms with Gasteiger partial charge in [0.05, 0.1) is 12.8 Å². The van der Waals surface area contributed by atoms with Crippen molar-refractivity contribution in [3.8, 4) is 5.75 Å². The second-order valence-corrected chi connectivity index (χ2v) is 5.74. The summed E-state index contributed by atoms with van der Waals surface area (Å²) in [6.45, 7) is 0.441. The van der Waals surface area contributed by atoms with Gasteiger partial charge in [-0.05, 0) is 18.2 Å². The number of anilines is 1. The molecule has 0 saturated carbocycles. The van der Waals surface area contributed by atoms with Crippen LogP contribution in [0.15, 0.2) is 53.4 Å². The summed E-state index contributed by atoms with van der Waals surface area (Å²) in [5, 5.41) is 8.26. The topological polar surface area (TPSA) is 81.4 Å². The van der Waals surface area contributed by atoms with E-state index in [4.69, 9.17) is 9.88 Å². The first-order valence-corrected chi connectivity index (χ1v) is 7.54. The molecule has 106 valence electrons. The maximum absolute atomic E-state index is 11.5. The van der Waals surface area contributed by atoms with Crippen LogP contribution in [0.25, 0.3) is 0 Å². The van der Waals surface area contributed by atoms with Crippen molar-refractivity contribution in [2.24, 2.45) is 5.14 Å². The maximum atomic E-state index is 11.5. The second-order valence-electron chi connectivity index (χ2n) is 4.21. The Morgan fingerprint density at radius 3 is 2.45 bits per heavy atom. The third kappa shape index (κ3) is 3.28. The van der Waals surface area contributed by atoms with Gasteiger partial charge in [0.2, 0.25) is 10.0 Å². The molecule has 2 aromatic rings. The number of sulfonamides is 1. The molecule has 0 spiro atoms. The zero-order valence-corrected chi connectivity index (χ0v) is 11.9. The summed E-state index contributed by atoms with van der Waals surface area (Å²) in [5.41, 5.74) is 1.40. The van der Waals surface area contributed by atoms with Crippen LogP contribution in [0.4, 0.5) is 5.69 Å². The summed E-state index contributed by atoms with van der Waals surface area (Å²) >= 11 is 0. The third-order valence-corrected chi connectivity index (χ3v) is 3.82. The van der Waals surface area contributed by atoms with E-state index >= 15 is 0 Å². The molecule has 3 N–H and O–H groups in total. The molecule has 0 aliphatic heterocycles. The van der Waals surface area contributed by atoms with Crippen molar-refractivity contribution in [1.29, 1.82) is 0 Å². The zero-order chi connectivity index (χ0) is 14.6. The fourth-order valence-electron chi connectivity index (χ4n) is 1.90. The Labute approximate surface area is 118 Å². The molecule has 0 aliphatic carbocycles. The van der Waals surface area contributed by atoms with Crippen molar-refractivity contribution in [3.63, 3.8) is 0 Å². The Bertz CT molecular complexity index is 699. The van der Waals surface area contributed by atoms with Gasteiger partial charge in [0, 0.05) is 12.1 Å². The lowest BCUT2D eigenvalue weighted by atomic mass is 10.2. The summed E-state index contributed by atoms with van der Waals surface area (Å²) < 4.78 is 28.3. The molecule has 0 amide bonds. The second kappa shape index (κ2) is 5.94. The van der Waals surface area contributed by atoms with Gasteiger partial charge < -0.3 is 10.1 Å². The smallest absolute Gasteiger partial charge is 0.240 e. The molecule has 0 fully saturated rings. The quantitative estimate of drug-likeness (QED) is 0.882. The molecular weight excluding hydrogens is 276 g/mol. The minimum Gasteiger partial charge on any atom is -0.496 e. The normalized spacial score (nSPS) is 11.1. The van der Waals surface area contributed by atoms with Gasteiger partial charge in [0.15, 0.2) is 0 Å².